The Bertz CT molecular complexity index is 1280. The van der Waals surface area contributed by atoms with Gasteiger partial charge in [-0.15, -0.1) is 0 Å². The van der Waals surface area contributed by atoms with Crippen LogP contribution in [0.2, 0.25) is 0 Å². The molecule has 2 fully saturated rings. The van der Waals surface area contributed by atoms with Gasteiger partial charge in [0.05, 0.1) is 16.8 Å². The standard InChI is InChI=1S/C27H25N5O/c33-27(21-5-8-26(31-16-21)22-14-28-17-29-15-22)32-23-6-7-24(32)12-18(11-23)9-19-10-20-3-1-2-4-25(20)30-13-19/h1-5,8,10,13-18,23-24H,6-7,9,11-12H2. The summed E-state index contributed by atoms with van der Waals surface area (Å²) in [5.74, 6) is 0.699. The van der Waals surface area contributed by atoms with Gasteiger partial charge in [-0.1, -0.05) is 18.2 Å². The second-order valence-electron chi connectivity index (χ2n) is 9.23. The van der Waals surface area contributed by atoms with E-state index in [1.165, 1.54) is 17.3 Å². The molecule has 0 aliphatic carbocycles. The Kier molecular flexibility index (Phi) is 5.06. The van der Waals surface area contributed by atoms with E-state index in [1.54, 1.807) is 18.6 Å². The Hall–Kier alpha value is -3.67. The van der Waals surface area contributed by atoms with Crippen molar-refractivity contribution in [3.63, 3.8) is 0 Å². The van der Waals surface area contributed by atoms with Crippen molar-refractivity contribution in [1.29, 1.82) is 0 Å². The SMILES string of the molecule is O=C(c1ccc(-c2cncnc2)nc1)N1C2CCC1CC(Cc1cnc3ccccc3c1)C2. The van der Waals surface area contributed by atoms with Crippen molar-refractivity contribution < 1.29 is 4.79 Å². The molecule has 2 aliphatic heterocycles. The number of hydrogen-bond acceptors (Lipinski definition) is 5. The predicted molar refractivity (Wildman–Crippen MR) is 126 cm³/mol. The number of nitrogens with zero attached hydrogens (tertiary/aromatic N) is 5. The van der Waals surface area contributed by atoms with Crippen LogP contribution in [-0.4, -0.2) is 42.8 Å². The third-order valence-corrected chi connectivity index (χ3v) is 7.10. The summed E-state index contributed by atoms with van der Waals surface area (Å²) >= 11 is 0. The zero-order valence-electron chi connectivity index (χ0n) is 18.3. The molecule has 164 valence electrons. The van der Waals surface area contributed by atoms with Gasteiger partial charge in [0.2, 0.25) is 0 Å². The molecule has 5 heterocycles. The fraction of sp³-hybridized carbons (Fsp3) is 0.296. The number of pyridine rings is 2. The van der Waals surface area contributed by atoms with Crippen molar-refractivity contribution in [3.05, 3.63) is 84.7 Å². The lowest BCUT2D eigenvalue weighted by Crippen LogP contribution is -2.46. The van der Waals surface area contributed by atoms with E-state index in [-0.39, 0.29) is 5.91 Å². The molecule has 2 aliphatic rings. The van der Waals surface area contributed by atoms with Crippen molar-refractivity contribution in [2.45, 2.75) is 44.2 Å². The van der Waals surface area contributed by atoms with Crippen LogP contribution in [0.5, 0.6) is 0 Å². The van der Waals surface area contributed by atoms with Crippen molar-refractivity contribution in [2.24, 2.45) is 5.92 Å². The minimum absolute atomic E-state index is 0.108. The first-order valence-corrected chi connectivity index (χ1v) is 11.6. The topological polar surface area (TPSA) is 71.9 Å². The average molecular weight is 436 g/mol. The molecule has 2 unspecified atom stereocenters. The molecule has 0 saturated carbocycles. The second-order valence-corrected chi connectivity index (χ2v) is 9.23. The minimum atomic E-state index is 0.108. The van der Waals surface area contributed by atoms with Crippen LogP contribution in [0, 0.1) is 5.92 Å². The van der Waals surface area contributed by atoms with Gasteiger partial charge in [-0.2, -0.15) is 0 Å². The molecular weight excluding hydrogens is 410 g/mol. The monoisotopic (exact) mass is 435 g/mol. The van der Waals surface area contributed by atoms with E-state index in [1.807, 2.05) is 24.4 Å². The molecule has 6 heteroatoms. The minimum Gasteiger partial charge on any atom is -0.333 e. The van der Waals surface area contributed by atoms with Crippen LogP contribution in [0.3, 0.4) is 0 Å². The number of piperidine rings is 1. The van der Waals surface area contributed by atoms with Crippen LogP contribution in [0.1, 0.15) is 41.6 Å². The molecule has 2 atom stereocenters. The summed E-state index contributed by atoms with van der Waals surface area (Å²) in [6, 6.07) is 14.9. The molecule has 6 nitrogen and oxygen atoms in total. The number of aromatic nitrogens is 4. The first-order chi connectivity index (χ1) is 16.2. The van der Waals surface area contributed by atoms with Gasteiger partial charge in [0.15, 0.2) is 0 Å². The largest absolute Gasteiger partial charge is 0.333 e. The number of rotatable bonds is 4. The van der Waals surface area contributed by atoms with E-state index in [2.05, 4.69) is 49.1 Å². The fourth-order valence-electron chi connectivity index (χ4n) is 5.62. The molecular formula is C27H25N5O. The highest BCUT2D eigenvalue weighted by Crippen LogP contribution is 2.40. The van der Waals surface area contributed by atoms with Gasteiger partial charge in [0, 0.05) is 47.8 Å². The van der Waals surface area contributed by atoms with Gasteiger partial charge in [0.1, 0.15) is 6.33 Å². The summed E-state index contributed by atoms with van der Waals surface area (Å²) in [6.45, 7) is 0. The summed E-state index contributed by atoms with van der Waals surface area (Å²) in [7, 11) is 0. The van der Waals surface area contributed by atoms with Gasteiger partial charge in [-0.05, 0) is 67.9 Å². The summed E-state index contributed by atoms with van der Waals surface area (Å²) in [5, 5.41) is 1.20. The van der Waals surface area contributed by atoms with E-state index in [4.69, 9.17) is 0 Å². The molecule has 0 N–H and O–H groups in total. The number of fused-ring (bicyclic) bond motifs is 3. The number of carbonyl (C=O) groups excluding carboxylic acids is 1. The quantitative estimate of drug-likeness (QED) is 0.464. The lowest BCUT2D eigenvalue weighted by Gasteiger charge is -2.39. The van der Waals surface area contributed by atoms with Crippen LogP contribution in [0.4, 0.5) is 0 Å². The van der Waals surface area contributed by atoms with Crippen molar-refractivity contribution in [3.8, 4) is 11.3 Å². The number of benzene rings is 1. The van der Waals surface area contributed by atoms with Crippen molar-refractivity contribution >= 4 is 16.8 Å². The number of amides is 1. The maximum Gasteiger partial charge on any atom is 0.255 e. The highest BCUT2D eigenvalue weighted by molar-refractivity contribution is 5.95. The van der Waals surface area contributed by atoms with E-state index < -0.39 is 0 Å². The third kappa shape index (κ3) is 3.86. The molecule has 0 radical (unpaired) electrons. The normalized spacial score (nSPS) is 21.9. The molecule has 2 bridgehead atoms. The summed E-state index contributed by atoms with van der Waals surface area (Å²) in [4.78, 5) is 32.7. The number of carbonyl (C=O) groups is 1. The lowest BCUT2D eigenvalue weighted by atomic mass is 9.85. The first kappa shape index (κ1) is 20.0. The van der Waals surface area contributed by atoms with Crippen LogP contribution in [-0.2, 0) is 6.42 Å². The number of hydrogen-bond donors (Lipinski definition) is 0. The lowest BCUT2D eigenvalue weighted by molar-refractivity contribution is 0.0524. The third-order valence-electron chi connectivity index (χ3n) is 7.10. The molecule has 6 rings (SSSR count). The van der Waals surface area contributed by atoms with Gasteiger partial charge < -0.3 is 4.90 Å². The Morgan fingerprint density at radius 1 is 0.909 bits per heavy atom. The zero-order chi connectivity index (χ0) is 22.2. The van der Waals surface area contributed by atoms with E-state index in [0.29, 0.717) is 23.6 Å². The highest BCUT2D eigenvalue weighted by Gasteiger charge is 2.43. The summed E-state index contributed by atoms with van der Waals surface area (Å²) < 4.78 is 0. The van der Waals surface area contributed by atoms with Gasteiger partial charge in [-0.25, -0.2) is 9.97 Å². The summed E-state index contributed by atoms with van der Waals surface area (Å²) in [5.41, 5.74) is 4.62. The Labute approximate surface area is 192 Å². The fourth-order valence-corrected chi connectivity index (χ4v) is 5.62. The zero-order valence-corrected chi connectivity index (χ0v) is 18.3. The molecule has 1 amide bonds. The second kappa shape index (κ2) is 8.35. The maximum atomic E-state index is 13.4. The number of para-hydroxylation sites is 1. The first-order valence-electron chi connectivity index (χ1n) is 11.6. The van der Waals surface area contributed by atoms with E-state index in [9.17, 15) is 4.79 Å². The smallest absolute Gasteiger partial charge is 0.255 e. The Morgan fingerprint density at radius 2 is 1.70 bits per heavy atom. The molecule has 3 aromatic heterocycles. The average Bonchev–Trinajstić information content (AvgIpc) is 3.14. The van der Waals surface area contributed by atoms with E-state index >= 15 is 0 Å². The van der Waals surface area contributed by atoms with Crippen molar-refractivity contribution in [2.75, 3.05) is 0 Å². The molecule has 2 saturated heterocycles. The molecule has 33 heavy (non-hydrogen) atoms. The maximum absolute atomic E-state index is 13.4. The molecule has 4 aromatic rings. The Balaban J connectivity index is 1.15. The van der Waals surface area contributed by atoms with E-state index in [0.717, 1.165) is 48.9 Å². The van der Waals surface area contributed by atoms with Crippen LogP contribution < -0.4 is 0 Å². The van der Waals surface area contributed by atoms with Gasteiger partial charge >= 0.3 is 0 Å². The van der Waals surface area contributed by atoms with Crippen LogP contribution in [0.15, 0.2) is 73.6 Å². The predicted octanol–water partition coefficient (Wildman–Crippen LogP) is 4.71. The molecule has 0 spiro atoms. The van der Waals surface area contributed by atoms with Crippen molar-refractivity contribution in [1.82, 2.24) is 24.8 Å². The Morgan fingerprint density at radius 3 is 2.45 bits per heavy atom. The molecule has 1 aromatic carbocycles. The van der Waals surface area contributed by atoms with Gasteiger partial charge in [0.25, 0.3) is 5.91 Å². The van der Waals surface area contributed by atoms with Crippen LogP contribution >= 0.6 is 0 Å². The summed E-state index contributed by atoms with van der Waals surface area (Å²) in [6.07, 6.45) is 14.0. The van der Waals surface area contributed by atoms with Gasteiger partial charge in [-0.3, -0.25) is 14.8 Å². The van der Waals surface area contributed by atoms with Crippen LogP contribution in [0.25, 0.3) is 22.2 Å². The highest BCUT2D eigenvalue weighted by atomic mass is 16.2.